The van der Waals surface area contributed by atoms with E-state index < -0.39 is 0 Å². The maximum Gasteiger partial charge on any atom is 3.00 e. The number of rotatable bonds is 0. The minimum absolute atomic E-state index is 0. The van der Waals surface area contributed by atoms with E-state index in [4.69, 9.17) is 0 Å². The van der Waals surface area contributed by atoms with Gasteiger partial charge < -0.3 is 0 Å². The van der Waals surface area contributed by atoms with Gasteiger partial charge in [-0.15, -0.1) is 42.8 Å². The molecule has 2 aliphatic carbocycles. The molecule has 1 unspecified atom stereocenters. The van der Waals surface area contributed by atoms with Crippen molar-refractivity contribution in [1.29, 1.82) is 0 Å². The Kier molecular flexibility index (Phi) is 10.1. The minimum atomic E-state index is 0. The Morgan fingerprint density at radius 1 is 0.833 bits per heavy atom. The number of allylic oxidation sites excluding steroid dienone is 4. The van der Waals surface area contributed by atoms with E-state index in [1.165, 1.54) is 19.3 Å². The van der Waals surface area contributed by atoms with Gasteiger partial charge in [-0.05, 0) is 12.3 Å². The van der Waals surface area contributed by atoms with Crippen molar-refractivity contribution in [2.75, 3.05) is 0 Å². The molecule has 1 radical (unpaired) electrons. The van der Waals surface area contributed by atoms with Crippen LogP contribution in [-0.2, 0) is 26.2 Å². The third-order valence-electron chi connectivity index (χ3n) is 3.90. The molecule has 2 aromatic rings. The Hall–Kier alpha value is -1.59. The zero-order chi connectivity index (χ0) is 16.3. The largest absolute Gasteiger partial charge is 3.00 e. The molecule has 1 saturated carbocycles. The molecule has 0 aromatic heterocycles. The van der Waals surface area contributed by atoms with Crippen LogP contribution in [0.3, 0.4) is 0 Å². The molecule has 4 rings (SSSR count). The summed E-state index contributed by atoms with van der Waals surface area (Å²) in [5, 5.41) is 0. The summed E-state index contributed by atoms with van der Waals surface area (Å²) in [5.74, 6) is 0.884. The molecule has 2 aromatic carbocycles. The summed E-state index contributed by atoms with van der Waals surface area (Å²) in [6.07, 6.45) is 13.0. The Morgan fingerprint density at radius 3 is 1.79 bits per heavy atom. The van der Waals surface area contributed by atoms with E-state index in [0.717, 1.165) is 17.0 Å². The van der Waals surface area contributed by atoms with Crippen LogP contribution in [0.25, 0.3) is 0 Å². The third-order valence-corrected chi connectivity index (χ3v) is 3.90. The topological polar surface area (TPSA) is 0 Å². The van der Waals surface area contributed by atoms with E-state index in [1.807, 2.05) is 60.7 Å². The Balaban J connectivity index is 0.000000179. The van der Waals surface area contributed by atoms with Gasteiger partial charge in [0, 0.05) is 0 Å². The first-order valence-electron chi connectivity index (χ1n) is 8.19. The molecule has 0 bridgehead atoms. The smallest absolute Gasteiger partial charge is 0.227 e. The zero-order valence-electron chi connectivity index (χ0n) is 14.2. The van der Waals surface area contributed by atoms with E-state index in [-0.39, 0.29) is 26.2 Å². The molecule has 0 N–H and O–H groups in total. The van der Waals surface area contributed by atoms with Crippen LogP contribution >= 0.6 is 0 Å². The summed E-state index contributed by atoms with van der Waals surface area (Å²) in [6.45, 7) is 7.44. The third kappa shape index (κ3) is 7.80. The predicted molar refractivity (Wildman–Crippen MR) is 101 cm³/mol. The quantitative estimate of drug-likeness (QED) is 0.467. The zero-order valence-corrected chi connectivity index (χ0v) is 16.7. The first kappa shape index (κ1) is 20.5. The summed E-state index contributed by atoms with van der Waals surface area (Å²) in [7, 11) is 0. The van der Waals surface area contributed by atoms with Gasteiger partial charge in [0.2, 0.25) is 0 Å². The molecular formula is C23H25Zr. The van der Waals surface area contributed by atoms with Crippen LogP contribution in [0.4, 0.5) is 0 Å². The summed E-state index contributed by atoms with van der Waals surface area (Å²) >= 11 is 0. The molecule has 1 fully saturated rings. The number of hydrogen-bond donors (Lipinski definition) is 0. The standard InChI is InChI=1S/C9H11.2C7H7.Zr/c1-2-5-9-7-3-6-8(9)4-1;2*1-7-5-3-2-4-6-7;/h1-2,4,6,9H,3,5,7H2;2*2-6H,1H2;/q3*-1;+3. The van der Waals surface area contributed by atoms with Gasteiger partial charge in [-0.2, -0.15) is 49.2 Å². The molecule has 0 spiro atoms. The van der Waals surface area contributed by atoms with Gasteiger partial charge >= 0.3 is 26.2 Å². The van der Waals surface area contributed by atoms with Gasteiger partial charge in [0.05, 0.1) is 0 Å². The second-order valence-electron chi connectivity index (χ2n) is 5.78. The molecular weight excluding hydrogens is 367 g/mol. The van der Waals surface area contributed by atoms with Crippen molar-refractivity contribution in [2.45, 2.75) is 19.3 Å². The van der Waals surface area contributed by atoms with Gasteiger partial charge in [0.15, 0.2) is 0 Å². The normalized spacial score (nSPS) is 16.7. The van der Waals surface area contributed by atoms with E-state index in [1.54, 1.807) is 5.57 Å². The number of fused-ring (bicyclic) bond motifs is 1. The number of hydrogen-bond acceptors (Lipinski definition) is 0. The van der Waals surface area contributed by atoms with Crippen molar-refractivity contribution in [3.05, 3.63) is 116 Å². The van der Waals surface area contributed by atoms with Crippen molar-refractivity contribution in [3.63, 3.8) is 0 Å². The summed E-state index contributed by atoms with van der Waals surface area (Å²) in [5.41, 5.74) is 3.72. The molecule has 0 amide bonds. The Morgan fingerprint density at radius 2 is 1.38 bits per heavy atom. The van der Waals surface area contributed by atoms with E-state index in [2.05, 4.69) is 38.5 Å². The van der Waals surface area contributed by atoms with Gasteiger partial charge in [-0.1, -0.05) is 18.6 Å². The maximum absolute atomic E-state index is 3.72. The molecule has 0 aliphatic heterocycles. The maximum atomic E-state index is 3.72. The van der Waals surface area contributed by atoms with Crippen LogP contribution in [0, 0.1) is 26.2 Å². The van der Waals surface area contributed by atoms with Crippen LogP contribution in [0.2, 0.25) is 0 Å². The second-order valence-corrected chi connectivity index (χ2v) is 5.78. The fourth-order valence-corrected chi connectivity index (χ4v) is 2.62. The average molecular weight is 393 g/mol. The van der Waals surface area contributed by atoms with Crippen molar-refractivity contribution in [3.8, 4) is 0 Å². The van der Waals surface area contributed by atoms with Crippen molar-refractivity contribution < 1.29 is 26.2 Å². The monoisotopic (exact) mass is 391 g/mol. The average Bonchev–Trinajstić information content (AvgIpc) is 3.06. The predicted octanol–water partition coefficient (Wildman–Crippen LogP) is 6.22. The molecule has 1 atom stereocenters. The SMILES string of the molecule is C1=CCC2CC[CH-]C2=C1.[CH2-]c1ccccc1.[CH2-]c1ccccc1.[Zr+3]. The van der Waals surface area contributed by atoms with Crippen molar-refractivity contribution in [2.24, 2.45) is 5.92 Å². The fraction of sp³-hybridized carbons (Fsp3) is 0.174. The molecule has 24 heavy (non-hydrogen) atoms. The Labute approximate surface area is 166 Å². The summed E-state index contributed by atoms with van der Waals surface area (Å²) in [6, 6.07) is 19.7. The second kappa shape index (κ2) is 11.9. The molecule has 2 aliphatic rings. The van der Waals surface area contributed by atoms with E-state index in [0.29, 0.717) is 0 Å². The van der Waals surface area contributed by atoms with Crippen LogP contribution in [0.1, 0.15) is 30.4 Å². The first-order valence-corrected chi connectivity index (χ1v) is 8.19. The van der Waals surface area contributed by atoms with E-state index in [9.17, 15) is 0 Å². The van der Waals surface area contributed by atoms with Crippen LogP contribution < -0.4 is 0 Å². The summed E-state index contributed by atoms with van der Waals surface area (Å²) < 4.78 is 0. The van der Waals surface area contributed by atoms with Crippen LogP contribution in [0.5, 0.6) is 0 Å². The van der Waals surface area contributed by atoms with Crippen LogP contribution in [0.15, 0.2) is 84.5 Å². The molecule has 0 nitrogen and oxygen atoms in total. The van der Waals surface area contributed by atoms with E-state index >= 15 is 0 Å². The molecule has 0 heterocycles. The molecule has 0 saturated heterocycles. The van der Waals surface area contributed by atoms with Gasteiger partial charge in [0.25, 0.3) is 0 Å². The van der Waals surface area contributed by atoms with Gasteiger partial charge in [-0.25, -0.2) is 18.1 Å². The first-order chi connectivity index (χ1) is 11.3. The minimum Gasteiger partial charge on any atom is -0.227 e. The molecule has 1 heteroatoms. The number of benzene rings is 2. The van der Waals surface area contributed by atoms with Crippen LogP contribution in [-0.4, -0.2) is 0 Å². The molecule has 121 valence electrons. The van der Waals surface area contributed by atoms with Crippen molar-refractivity contribution in [1.82, 2.24) is 0 Å². The van der Waals surface area contributed by atoms with Gasteiger partial charge in [0.1, 0.15) is 0 Å². The summed E-state index contributed by atoms with van der Waals surface area (Å²) in [4.78, 5) is 0. The Bertz CT molecular complexity index is 573. The van der Waals surface area contributed by atoms with Gasteiger partial charge in [-0.3, -0.25) is 0 Å². The fourth-order valence-electron chi connectivity index (χ4n) is 2.62. The van der Waals surface area contributed by atoms with Crippen molar-refractivity contribution >= 4 is 0 Å².